The molecular weight excluding hydrogens is 248 g/mol. The highest BCUT2D eigenvalue weighted by Gasteiger charge is 2.29. The van der Waals surface area contributed by atoms with Crippen molar-refractivity contribution in [1.82, 2.24) is 10.6 Å². The van der Waals surface area contributed by atoms with Crippen LogP contribution < -0.4 is 10.6 Å². The summed E-state index contributed by atoms with van der Waals surface area (Å²) in [5.41, 5.74) is 2.45. The first kappa shape index (κ1) is 14.9. The lowest BCUT2D eigenvalue weighted by molar-refractivity contribution is 0.234. The van der Waals surface area contributed by atoms with Crippen molar-refractivity contribution in [3.63, 3.8) is 0 Å². The van der Waals surface area contributed by atoms with Gasteiger partial charge in [0, 0.05) is 18.0 Å². The van der Waals surface area contributed by atoms with Crippen molar-refractivity contribution in [3.8, 4) is 0 Å². The average molecular weight is 274 g/mol. The Morgan fingerprint density at radius 2 is 2.10 bits per heavy atom. The Bertz CT molecular complexity index is 478. The number of benzene rings is 1. The van der Waals surface area contributed by atoms with Gasteiger partial charge in [0.05, 0.1) is 0 Å². The summed E-state index contributed by atoms with van der Waals surface area (Å²) in [5, 5.41) is 6.03. The standard InChI is InChI=1S/C17H26N2O/c1-12-6-5-7-15(10-12)17(3,4)11-18-16(20)19-13(2)14-8-9-14/h5-7,10,13-14H,8-9,11H2,1-4H3,(H2,18,19,20). The first-order chi connectivity index (χ1) is 9.38. The van der Waals surface area contributed by atoms with E-state index in [0.717, 1.165) is 0 Å². The first-order valence-electron chi connectivity index (χ1n) is 7.50. The summed E-state index contributed by atoms with van der Waals surface area (Å²) in [6, 6.07) is 8.71. The molecule has 1 aromatic carbocycles. The molecule has 1 unspecified atom stereocenters. The van der Waals surface area contributed by atoms with Crippen molar-refractivity contribution in [2.24, 2.45) is 5.92 Å². The van der Waals surface area contributed by atoms with Crippen LogP contribution in [-0.2, 0) is 5.41 Å². The van der Waals surface area contributed by atoms with Gasteiger partial charge in [-0.2, -0.15) is 0 Å². The zero-order chi connectivity index (χ0) is 14.8. The maximum atomic E-state index is 11.9. The van der Waals surface area contributed by atoms with Crippen LogP contribution in [0.15, 0.2) is 24.3 Å². The zero-order valence-corrected chi connectivity index (χ0v) is 13.0. The molecule has 0 aliphatic heterocycles. The number of amides is 2. The van der Waals surface area contributed by atoms with Gasteiger partial charge in [0.2, 0.25) is 0 Å². The van der Waals surface area contributed by atoms with Crippen LogP contribution in [0.1, 0.15) is 44.7 Å². The predicted molar refractivity (Wildman–Crippen MR) is 82.9 cm³/mol. The number of hydrogen-bond donors (Lipinski definition) is 2. The molecule has 2 N–H and O–H groups in total. The molecule has 2 amide bonds. The van der Waals surface area contributed by atoms with Crippen LogP contribution >= 0.6 is 0 Å². The van der Waals surface area contributed by atoms with Crippen molar-refractivity contribution in [2.75, 3.05) is 6.54 Å². The number of hydrogen-bond acceptors (Lipinski definition) is 1. The second-order valence-electron chi connectivity index (χ2n) is 6.71. The number of carbonyl (C=O) groups is 1. The summed E-state index contributed by atoms with van der Waals surface area (Å²) < 4.78 is 0. The maximum Gasteiger partial charge on any atom is 0.315 e. The Kier molecular flexibility index (Phi) is 4.36. The fraction of sp³-hybridized carbons (Fsp3) is 0.588. The molecule has 0 aromatic heterocycles. The summed E-state index contributed by atoms with van der Waals surface area (Å²) in [6.07, 6.45) is 2.49. The molecule has 0 saturated heterocycles. The summed E-state index contributed by atoms with van der Waals surface area (Å²) in [6.45, 7) is 9.14. The van der Waals surface area contributed by atoms with E-state index in [1.165, 1.54) is 24.0 Å². The molecule has 20 heavy (non-hydrogen) atoms. The highest BCUT2D eigenvalue weighted by molar-refractivity contribution is 5.74. The third-order valence-electron chi connectivity index (χ3n) is 4.18. The maximum absolute atomic E-state index is 11.9. The smallest absolute Gasteiger partial charge is 0.315 e. The highest BCUT2D eigenvalue weighted by atomic mass is 16.2. The molecular formula is C17H26N2O. The lowest BCUT2D eigenvalue weighted by Crippen LogP contribution is -2.45. The van der Waals surface area contributed by atoms with Crippen molar-refractivity contribution >= 4 is 6.03 Å². The molecule has 0 spiro atoms. The normalized spacial score (nSPS) is 16.6. The molecule has 1 fully saturated rings. The minimum atomic E-state index is -0.0633. The van der Waals surface area contributed by atoms with E-state index >= 15 is 0 Å². The van der Waals surface area contributed by atoms with Crippen molar-refractivity contribution in [1.29, 1.82) is 0 Å². The Morgan fingerprint density at radius 1 is 1.40 bits per heavy atom. The van der Waals surface area contributed by atoms with Crippen LogP contribution in [0.25, 0.3) is 0 Å². The van der Waals surface area contributed by atoms with Gasteiger partial charge in [0.15, 0.2) is 0 Å². The Balaban J connectivity index is 1.86. The minimum absolute atomic E-state index is 0.0508. The largest absolute Gasteiger partial charge is 0.337 e. The molecule has 1 saturated carbocycles. The fourth-order valence-corrected chi connectivity index (χ4v) is 2.44. The van der Waals surface area contributed by atoms with Gasteiger partial charge < -0.3 is 10.6 Å². The van der Waals surface area contributed by atoms with E-state index in [0.29, 0.717) is 12.5 Å². The molecule has 0 heterocycles. The van der Waals surface area contributed by atoms with E-state index in [1.54, 1.807) is 0 Å². The third kappa shape index (κ3) is 3.99. The molecule has 3 heteroatoms. The first-order valence-corrected chi connectivity index (χ1v) is 7.50. The second-order valence-corrected chi connectivity index (χ2v) is 6.71. The number of carbonyl (C=O) groups excluding carboxylic acids is 1. The van der Waals surface area contributed by atoms with Crippen LogP contribution in [0.2, 0.25) is 0 Å². The van der Waals surface area contributed by atoms with Crippen molar-refractivity contribution in [3.05, 3.63) is 35.4 Å². The van der Waals surface area contributed by atoms with Crippen molar-refractivity contribution < 1.29 is 4.79 Å². The van der Waals surface area contributed by atoms with Gasteiger partial charge in [-0.25, -0.2) is 4.79 Å². The lowest BCUT2D eigenvalue weighted by Gasteiger charge is -2.26. The van der Waals surface area contributed by atoms with Crippen LogP contribution in [0.5, 0.6) is 0 Å². The monoisotopic (exact) mass is 274 g/mol. The number of aryl methyl sites for hydroxylation is 1. The lowest BCUT2D eigenvalue weighted by atomic mass is 9.84. The van der Waals surface area contributed by atoms with Crippen LogP contribution in [0.4, 0.5) is 4.79 Å². The molecule has 1 aliphatic rings. The topological polar surface area (TPSA) is 41.1 Å². The molecule has 110 valence electrons. The Labute approximate surface area is 122 Å². The molecule has 0 radical (unpaired) electrons. The van der Waals surface area contributed by atoms with E-state index in [-0.39, 0.29) is 17.5 Å². The molecule has 1 aromatic rings. The van der Waals surface area contributed by atoms with Gasteiger partial charge in [-0.3, -0.25) is 0 Å². The predicted octanol–water partition coefficient (Wildman–Crippen LogP) is 3.37. The van der Waals surface area contributed by atoms with Gasteiger partial charge in [-0.05, 0) is 38.2 Å². The quantitative estimate of drug-likeness (QED) is 0.849. The SMILES string of the molecule is Cc1cccc(C(C)(C)CNC(=O)NC(C)C2CC2)c1. The summed E-state index contributed by atoms with van der Waals surface area (Å²) >= 11 is 0. The van der Waals surface area contributed by atoms with E-state index in [2.05, 4.69) is 62.6 Å². The zero-order valence-electron chi connectivity index (χ0n) is 13.0. The third-order valence-corrected chi connectivity index (χ3v) is 4.18. The van der Waals surface area contributed by atoms with Gasteiger partial charge in [-0.1, -0.05) is 43.7 Å². The molecule has 1 atom stereocenters. The minimum Gasteiger partial charge on any atom is -0.337 e. The Hall–Kier alpha value is -1.51. The highest BCUT2D eigenvalue weighted by Crippen LogP contribution is 2.32. The van der Waals surface area contributed by atoms with Crippen LogP contribution in [-0.4, -0.2) is 18.6 Å². The van der Waals surface area contributed by atoms with E-state index in [1.807, 2.05) is 0 Å². The van der Waals surface area contributed by atoms with Gasteiger partial charge in [0.25, 0.3) is 0 Å². The van der Waals surface area contributed by atoms with E-state index in [4.69, 9.17) is 0 Å². The molecule has 1 aliphatic carbocycles. The molecule has 0 bridgehead atoms. The summed E-state index contributed by atoms with van der Waals surface area (Å²) in [7, 11) is 0. The van der Waals surface area contributed by atoms with Crippen molar-refractivity contribution in [2.45, 2.75) is 52.0 Å². The Morgan fingerprint density at radius 3 is 2.70 bits per heavy atom. The molecule has 2 rings (SSSR count). The van der Waals surface area contributed by atoms with E-state index < -0.39 is 0 Å². The van der Waals surface area contributed by atoms with E-state index in [9.17, 15) is 4.79 Å². The van der Waals surface area contributed by atoms with Gasteiger partial charge in [0.1, 0.15) is 0 Å². The number of urea groups is 1. The average Bonchev–Trinajstić information content (AvgIpc) is 3.21. The van der Waals surface area contributed by atoms with Crippen LogP contribution in [0.3, 0.4) is 0 Å². The summed E-state index contributed by atoms with van der Waals surface area (Å²) in [5.74, 6) is 0.686. The van der Waals surface area contributed by atoms with Gasteiger partial charge >= 0.3 is 6.03 Å². The fourth-order valence-electron chi connectivity index (χ4n) is 2.44. The number of nitrogens with one attached hydrogen (secondary N) is 2. The van der Waals surface area contributed by atoms with Crippen LogP contribution in [0, 0.1) is 12.8 Å². The van der Waals surface area contributed by atoms with Gasteiger partial charge in [-0.15, -0.1) is 0 Å². The summed E-state index contributed by atoms with van der Waals surface area (Å²) in [4.78, 5) is 11.9. The second kappa shape index (κ2) is 5.86. The number of rotatable bonds is 5. The molecule has 3 nitrogen and oxygen atoms in total.